The number of nitrogens with two attached hydrogens (primary N) is 1. The minimum absolute atomic E-state index is 0.0677. The third-order valence-corrected chi connectivity index (χ3v) is 4.06. The van der Waals surface area contributed by atoms with Crippen LogP contribution in [0.25, 0.3) is 0 Å². The van der Waals surface area contributed by atoms with Crippen LogP contribution in [0.15, 0.2) is 0 Å². The zero-order valence-electron chi connectivity index (χ0n) is 21.8. The van der Waals surface area contributed by atoms with E-state index < -0.39 is 5.97 Å². The van der Waals surface area contributed by atoms with Crippen LogP contribution >= 0.6 is 0 Å². The van der Waals surface area contributed by atoms with E-state index in [2.05, 4.69) is 4.74 Å². The van der Waals surface area contributed by atoms with Gasteiger partial charge in [-0.25, -0.2) is 4.79 Å². The molecule has 0 saturated carbocycles. The van der Waals surface area contributed by atoms with E-state index in [0.717, 1.165) is 0 Å². The molecule has 0 aliphatic rings. The van der Waals surface area contributed by atoms with Gasteiger partial charge in [0.15, 0.2) is 0 Å². The molecule has 0 atom stereocenters. The quantitative estimate of drug-likeness (QED) is 0.0892. The van der Waals surface area contributed by atoms with Gasteiger partial charge in [-0.1, -0.05) is 0 Å². The van der Waals surface area contributed by atoms with Gasteiger partial charge in [-0.15, -0.1) is 0 Å². The van der Waals surface area contributed by atoms with E-state index >= 15 is 0 Å². The van der Waals surface area contributed by atoms with Crippen molar-refractivity contribution < 1.29 is 56.9 Å². The zero-order valence-corrected chi connectivity index (χ0v) is 21.8. The predicted molar refractivity (Wildman–Crippen MR) is 129 cm³/mol. The first kappa shape index (κ1) is 35.0. The van der Waals surface area contributed by atoms with Crippen molar-refractivity contribution in [3.63, 3.8) is 0 Å². The molecular weight excluding hydrogens is 482 g/mol. The number of hydrogen-bond acceptors (Lipinski definition) is 13. The predicted octanol–water partition coefficient (Wildman–Crippen LogP) is -0.716. The van der Waals surface area contributed by atoms with Gasteiger partial charge in [-0.05, 0) is 0 Å². The van der Waals surface area contributed by atoms with Crippen molar-refractivity contribution in [2.75, 3.05) is 146 Å². The molecule has 36 heavy (non-hydrogen) atoms. The second kappa shape index (κ2) is 32.1. The Labute approximate surface area is 215 Å². The standard InChI is InChI=1S/C23H47NO12/c1-26-23(25)22-36-21-20-35-19-18-34-17-16-33-15-14-32-13-12-31-11-10-30-9-8-29-7-6-28-5-4-27-3-2-24/h2-22,24H2,1H3. The van der Waals surface area contributed by atoms with Gasteiger partial charge in [0.2, 0.25) is 0 Å². The molecule has 0 heterocycles. The average molecular weight is 530 g/mol. The number of carbonyl (C=O) groups is 1. The van der Waals surface area contributed by atoms with Gasteiger partial charge < -0.3 is 57.8 Å². The summed E-state index contributed by atoms with van der Waals surface area (Å²) in [5.41, 5.74) is 5.31. The summed E-state index contributed by atoms with van der Waals surface area (Å²) >= 11 is 0. The Hall–Kier alpha value is -0.970. The molecule has 0 aliphatic heterocycles. The van der Waals surface area contributed by atoms with Gasteiger partial charge in [-0.3, -0.25) is 0 Å². The highest BCUT2D eigenvalue weighted by Crippen LogP contribution is 1.86. The first-order chi connectivity index (χ1) is 17.8. The van der Waals surface area contributed by atoms with Crippen LogP contribution in [0.4, 0.5) is 0 Å². The Balaban J connectivity index is 3.03. The van der Waals surface area contributed by atoms with Crippen LogP contribution in [0.2, 0.25) is 0 Å². The molecule has 0 unspecified atom stereocenters. The summed E-state index contributed by atoms with van der Waals surface area (Å²) in [6.07, 6.45) is 0. The Kier molecular flexibility index (Phi) is 31.2. The Morgan fingerprint density at radius 2 is 0.639 bits per heavy atom. The van der Waals surface area contributed by atoms with Crippen molar-refractivity contribution in [3.8, 4) is 0 Å². The third-order valence-electron chi connectivity index (χ3n) is 4.06. The van der Waals surface area contributed by atoms with Gasteiger partial charge in [0.05, 0.1) is 133 Å². The maximum atomic E-state index is 10.8. The highest BCUT2D eigenvalue weighted by Gasteiger charge is 1.99. The second-order valence-electron chi connectivity index (χ2n) is 6.93. The average Bonchev–Trinajstić information content (AvgIpc) is 2.89. The van der Waals surface area contributed by atoms with E-state index in [9.17, 15) is 4.79 Å². The van der Waals surface area contributed by atoms with Gasteiger partial charge in [-0.2, -0.15) is 0 Å². The molecule has 0 aromatic carbocycles. The van der Waals surface area contributed by atoms with E-state index in [-0.39, 0.29) is 6.61 Å². The molecular formula is C23H47NO12. The van der Waals surface area contributed by atoms with E-state index in [1.807, 2.05) is 0 Å². The lowest BCUT2D eigenvalue weighted by molar-refractivity contribution is -0.146. The number of carbonyl (C=O) groups excluding carboxylic acids is 1. The van der Waals surface area contributed by atoms with Crippen molar-refractivity contribution in [2.24, 2.45) is 5.73 Å². The normalized spacial score (nSPS) is 11.3. The van der Waals surface area contributed by atoms with Gasteiger partial charge >= 0.3 is 5.97 Å². The molecule has 13 nitrogen and oxygen atoms in total. The fourth-order valence-corrected chi connectivity index (χ4v) is 2.28. The Morgan fingerprint density at radius 3 is 0.861 bits per heavy atom. The smallest absolute Gasteiger partial charge is 0.331 e. The molecule has 0 aromatic heterocycles. The fraction of sp³-hybridized carbons (Fsp3) is 0.957. The monoisotopic (exact) mass is 529 g/mol. The number of methoxy groups -OCH3 is 1. The number of ether oxygens (including phenoxy) is 11. The van der Waals surface area contributed by atoms with E-state index in [0.29, 0.717) is 132 Å². The molecule has 0 aliphatic carbocycles. The molecule has 0 rings (SSSR count). The van der Waals surface area contributed by atoms with E-state index in [4.69, 9.17) is 53.1 Å². The third kappa shape index (κ3) is 31.1. The first-order valence-electron chi connectivity index (χ1n) is 12.4. The van der Waals surface area contributed by atoms with Gasteiger partial charge in [0.25, 0.3) is 0 Å². The summed E-state index contributed by atoms with van der Waals surface area (Å²) in [7, 11) is 1.31. The van der Waals surface area contributed by atoms with Crippen molar-refractivity contribution in [1.82, 2.24) is 0 Å². The maximum absolute atomic E-state index is 10.8. The summed E-state index contributed by atoms with van der Waals surface area (Å²) in [5, 5.41) is 0. The Bertz CT molecular complexity index is 434. The molecule has 0 spiro atoms. The van der Waals surface area contributed by atoms with E-state index in [1.54, 1.807) is 0 Å². The molecule has 13 heteroatoms. The lowest BCUT2D eigenvalue weighted by Crippen LogP contribution is -2.16. The van der Waals surface area contributed by atoms with Gasteiger partial charge in [0, 0.05) is 6.54 Å². The molecule has 0 radical (unpaired) electrons. The molecule has 0 bridgehead atoms. The molecule has 0 fully saturated rings. The first-order valence-corrected chi connectivity index (χ1v) is 12.4. The van der Waals surface area contributed by atoms with Crippen LogP contribution in [0, 0.1) is 0 Å². The highest BCUT2D eigenvalue weighted by molar-refractivity contribution is 5.70. The highest BCUT2D eigenvalue weighted by atomic mass is 16.6. The number of esters is 1. The zero-order chi connectivity index (χ0) is 26.2. The molecule has 0 amide bonds. The molecule has 0 saturated heterocycles. The van der Waals surface area contributed by atoms with Crippen LogP contribution < -0.4 is 5.73 Å². The van der Waals surface area contributed by atoms with Crippen LogP contribution in [0.3, 0.4) is 0 Å². The van der Waals surface area contributed by atoms with Crippen LogP contribution in [0.5, 0.6) is 0 Å². The minimum Gasteiger partial charge on any atom is -0.467 e. The van der Waals surface area contributed by atoms with Crippen molar-refractivity contribution >= 4 is 5.97 Å². The summed E-state index contributed by atoms with van der Waals surface area (Å²) in [6.45, 7) is 9.81. The Morgan fingerprint density at radius 1 is 0.417 bits per heavy atom. The van der Waals surface area contributed by atoms with Crippen molar-refractivity contribution in [2.45, 2.75) is 0 Å². The molecule has 2 N–H and O–H groups in total. The van der Waals surface area contributed by atoms with Crippen LogP contribution in [0.1, 0.15) is 0 Å². The van der Waals surface area contributed by atoms with Crippen LogP contribution in [-0.2, 0) is 56.9 Å². The lowest BCUT2D eigenvalue weighted by Gasteiger charge is -2.09. The number of hydrogen-bond donors (Lipinski definition) is 1. The minimum atomic E-state index is -0.406. The molecule has 216 valence electrons. The number of rotatable bonds is 31. The van der Waals surface area contributed by atoms with E-state index in [1.165, 1.54) is 7.11 Å². The summed E-state index contributed by atoms with van der Waals surface area (Å²) < 4.78 is 57.8. The van der Waals surface area contributed by atoms with Crippen LogP contribution in [-0.4, -0.2) is 152 Å². The maximum Gasteiger partial charge on any atom is 0.331 e. The van der Waals surface area contributed by atoms with Gasteiger partial charge in [0.1, 0.15) is 6.61 Å². The summed E-state index contributed by atoms with van der Waals surface area (Å²) in [5.74, 6) is -0.406. The SMILES string of the molecule is COC(=O)COCCOCCOCCOCCOCCOCCOCCOCCOCCOCCN. The second-order valence-corrected chi connectivity index (χ2v) is 6.93. The van der Waals surface area contributed by atoms with Crippen molar-refractivity contribution in [1.29, 1.82) is 0 Å². The molecule has 0 aromatic rings. The lowest BCUT2D eigenvalue weighted by atomic mass is 10.6. The largest absolute Gasteiger partial charge is 0.467 e. The summed E-state index contributed by atoms with van der Waals surface area (Å²) in [4.78, 5) is 10.8. The summed E-state index contributed by atoms with van der Waals surface area (Å²) in [6, 6.07) is 0. The van der Waals surface area contributed by atoms with Crippen molar-refractivity contribution in [3.05, 3.63) is 0 Å². The fourth-order valence-electron chi connectivity index (χ4n) is 2.28. The topological polar surface area (TPSA) is 145 Å².